The lowest BCUT2D eigenvalue weighted by Crippen LogP contribution is -2.33. The first kappa shape index (κ1) is 21.3. The van der Waals surface area contributed by atoms with E-state index < -0.39 is 5.91 Å². The molecule has 0 fully saturated rings. The van der Waals surface area contributed by atoms with Crippen LogP contribution in [0.3, 0.4) is 0 Å². The van der Waals surface area contributed by atoms with E-state index in [2.05, 4.69) is 5.32 Å². The average Bonchev–Trinajstić information content (AvgIpc) is 3.06. The molecule has 5 nitrogen and oxygen atoms in total. The lowest BCUT2D eigenvalue weighted by Gasteiger charge is -2.05. The number of hydrogen-bond acceptors (Lipinski definition) is 4. The maximum absolute atomic E-state index is 13.4. The molecule has 1 amide bonds. The molecule has 0 aliphatic carbocycles. The van der Waals surface area contributed by atoms with Crippen LogP contribution < -0.4 is 20.1 Å². The zero-order valence-electron chi connectivity index (χ0n) is 17.4. The molecule has 0 bridgehead atoms. The van der Waals surface area contributed by atoms with Crippen molar-refractivity contribution in [3.8, 4) is 11.8 Å². The maximum Gasteiger partial charge on any atom is 0.273 e. The van der Waals surface area contributed by atoms with Gasteiger partial charge in [0.25, 0.3) is 11.5 Å². The average molecular weight is 418 g/mol. The van der Waals surface area contributed by atoms with E-state index in [-0.39, 0.29) is 11.1 Å². The van der Waals surface area contributed by atoms with Gasteiger partial charge in [-0.25, -0.2) is 0 Å². The van der Waals surface area contributed by atoms with Crippen LogP contribution in [0.5, 0.6) is 0 Å². The van der Waals surface area contributed by atoms with Gasteiger partial charge in [0.2, 0.25) is 0 Å². The first-order chi connectivity index (χ1) is 14.4. The largest absolute Gasteiger partial charge is 0.354 e. The summed E-state index contributed by atoms with van der Waals surface area (Å²) in [4.78, 5) is 25.7. The molecule has 2 aromatic carbocycles. The van der Waals surface area contributed by atoms with Crippen LogP contribution in [0.4, 0.5) is 0 Å². The number of nitrogens with one attached hydrogen (secondary N) is 1. The number of carbonyl (C=O) groups excluding carboxylic acids is 1. The molecule has 0 aliphatic heterocycles. The molecule has 1 N–H and O–H groups in total. The monoisotopic (exact) mass is 417 g/mol. The Hall–Kier alpha value is -3.43. The minimum absolute atomic E-state index is 0.0814. The van der Waals surface area contributed by atoms with Crippen LogP contribution in [-0.2, 0) is 11.2 Å². The van der Waals surface area contributed by atoms with Gasteiger partial charge in [-0.05, 0) is 55.2 Å². The lowest BCUT2D eigenvalue weighted by atomic mass is 10.1. The third kappa shape index (κ3) is 4.12. The molecule has 3 rings (SSSR count). The third-order valence-corrected chi connectivity index (χ3v) is 5.99. The predicted octanol–water partition coefficient (Wildman–Crippen LogP) is 2.33. The fourth-order valence-corrected chi connectivity index (χ4v) is 4.27. The van der Waals surface area contributed by atoms with Crippen molar-refractivity contribution in [3.05, 3.63) is 84.3 Å². The zero-order chi connectivity index (χ0) is 21.8. The highest BCUT2D eigenvalue weighted by Gasteiger charge is 2.16. The van der Waals surface area contributed by atoms with Crippen molar-refractivity contribution in [3.63, 3.8) is 0 Å². The quantitative estimate of drug-likeness (QED) is 0.708. The zero-order valence-corrected chi connectivity index (χ0v) is 18.3. The number of carbonyl (C=O) groups is 1. The first-order valence-electron chi connectivity index (χ1n) is 9.66. The van der Waals surface area contributed by atoms with E-state index in [1.165, 1.54) is 11.6 Å². The first-order valence-corrected chi connectivity index (χ1v) is 10.5. The molecule has 6 heteroatoms. The Labute approximate surface area is 179 Å². The Bertz CT molecular complexity index is 1340. The van der Waals surface area contributed by atoms with Gasteiger partial charge < -0.3 is 5.32 Å². The van der Waals surface area contributed by atoms with Crippen LogP contribution in [0.1, 0.15) is 29.2 Å². The van der Waals surface area contributed by atoms with E-state index in [0.29, 0.717) is 14.9 Å². The van der Waals surface area contributed by atoms with Crippen LogP contribution in [-0.4, -0.2) is 17.5 Å². The van der Waals surface area contributed by atoms with Crippen molar-refractivity contribution < 1.29 is 4.79 Å². The van der Waals surface area contributed by atoms with Gasteiger partial charge >= 0.3 is 0 Å². The number of benzene rings is 2. The summed E-state index contributed by atoms with van der Waals surface area (Å²) < 4.78 is 2.26. The van der Waals surface area contributed by atoms with Gasteiger partial charge in [-0.3, -0.25) is 14.2 Å². The summed E-state index contributed by atoms with van der Waals surface area (Å²) in [6.45, 7) is 6.02. The summed E-state index contributed by atoms with van der Waals surface area (Å²) in [7, 11) is 1.47. The standard InChI is InChI=1S/C24H23N3O2S/c1-5-17-7-6-8-19(12-17)27-23(29)21(13-18-11-15(2)9-10-16(18)3)30-24(27)20(14-25)22(28)26-4/h6-13H,5H2,1-4H3,(H,26,28)/b21-13+,24-20-. The molecule has 0 unspecified atom stereocenters. The van der Waals surface area contributed by atoms with E-state index in [9.17, 15) is 14.9 Å². The summed E-state index contributed by atoms with van der Waals surface area (Å²) in [5, 5.41) is 12.2. The van der Waals surface area contributed by atoms with Crippen LogP contribution in [0, 0.1) is 25.2 Å². The number of hydrogen-bond donors (Lipinski definition) is 1. The molecule has 0 spiro atoms. The topological polar surface area (TPSA) is 74.9 Å². The van der Waals surface area contributed by atoms with E-state index in [0.717, 1.165) is 40.0 Å². The Balaban J connectivity index is 2.44. The maximum atomic E-state index is 13.4. The van der Waals surface area contributed by atoms with Gasteiger partial charge in [-0.1, -0.05) is 42.8 Å². The van der Waals surface area contributed by atoms with E-state index in [4.69, 9.17) is 0 Å². The number of nitriles is 1. The van der Waals surface area contributed by atoms with Crippen molar-refractivity contribution in [2.45, 2.75) is 27.2 Å². The fraction of sp³-hybridized carbons (Fsp3) is 0.208. The number of aromatic nitrogens is 1. The molecule has 0 radical (unpaired) electrons. The number of nitrogens with zero attached hydrogens (tertiary/aromatic N) is 2. The Morgan fingerprint density at radius 3 is 2.67 bits per heavy atom. The molecule has 3 aromatic rings. The minimum atomic E-state index is -0.516. The van der Waals surface area contributed by atoms with Crippen LogP contribution in [0.25, 0.3) is 17.3 Å². The van der Waals surface area contributed by atoms with E-state index in [1.54, 1.807) is 0 Å². The minimum Gasteiger partial charge on any atom is -0.354 e. The normalized spacial score (nSPS) is 12.4. The molecule has 1 aromatic heterocycles. The van der Waals surface area contributed by atoms with Crippen LogP contribution >= 0.6 is 11.3 Å². The van der Waals surface area contributed by atoms with Gasteiger partial charge in [-0.15, -0.1) is 11.3 Å². The molecule has 0 saturated carbocycles. The van der Waals surface area contributed by atoms with Gasteiger partial charge in [0, 0.05) is 7.05 Å². The molecular weight excluding hydrogens is 394 g/mol. The van der Waals surface area contributed by atoms with Crippen LogP contribution in [0.2, 0.25) is 0 Å². The van der Waals surface area contributed by atoms with Gasteiger partial charge in [-0.2, -0.15) is 5.26 Å². The van der Waals surface area contributed by atoms with Gasteiger partial charge in [0.1, 0.15) is 10.7 Å². The molecule has 0 atom stereocenters. The summed E-state index contributed by atoms with van der Waals surface area (Å²) in [5.74, 6) is -0.516. The van der Waals surface area contributed by atoms with E-state index in [1.807, 2.05) is 75.4 Å². The SMILES string of the molecule is CCc1cccc(-n2c(=O)/c(=C\c3cc(C)ccc3C)s/c2=C(/C#N)C(=O)NC)c1. The highest BCUT2D eigenvalue weighted by molar-refractivity contribution is 7.07. The second kappa shape index (κ2) is 8.93. The van der Waals surface area contributed by atoms with Gasteiger partial charge in [0.05, 0.1) is 10.2 Å². The molecule has 0 aliphatic rings. The number of thiazole rings is 1. The van der Waals surface area contributed by atoms with Gasteiger partial charge in [0.15, 0.2) is 5.57 Å². The molecule has 30 heavy (non-hydrogen) atoms. The van der Waals surface area contributed by atoms with Crippen LogP contribution in [0.15, 0.2) is 47.3 Å². The highest BCUT2D eigenvalue weighted by atomic mass is 32.1. The molecule has 1 heterocycles. The van der Waals surface area contributed by atoms with Crippen molar-refractivity contribution in [1.29, 1.82) is 5.26 Å². The second-order valence-corrected chi connectivity index (χ2v) is 8.04. The Morgan fingerprint density at radius 2 is 2.00 bits per heavy atom. The smallest absolute Gasteiger partial charge is 0.273 e. The predicted molar refractivity (Wildman–Crippen MR) is 121 cm³/mol. The molecule has 152 valence electrons. The molecule has 0 saturated heterocycles. The number of aryl methyl sites for hydroxylation is 3. The summed E-state index contributed by atoms with van der Waals surface area (Å²) in [6, 6.07) is 15.6. The van der Waals surface area contributed by atoms with E-state index >= 15 is 0 Å². The van der Waals surface area contributed by atoms with Crippen molar-refractivity contribution in [1.82, 2.24) is 9.88 Å². The highest BCUT2D eigenvalue weighted by Crippen LogP contribution is 2.12. The Morgan fingerprint density at radius 1 is 1.23 bits per heavy atom. The van der Waals surface area contributed by atoms with Crippen molar-refractivity contribution in [2.24, 2.45) is 0 Å². The summed E-state index contributed by atoms with van der Waals surface area (Å²) in [6.07, 6.45) is 2.64. The lowest BCUT2D eigenvalue weighted by molar-refractivity contribution is -0.115. The third-order valence-electron chi connectivity index (χ3n) is 4.90. The Kier molecular flexibility index (Phi) is 6.34. The fourth-order valence-electron chi connectivity index (χ4n) is 3.18. The van der Waals surface area contributed by atoms with Crippen molar-refractivity contribution >= 4 is 28.9 Å². The second-order valence-electron chi connectivity index (χ2n) is 7.01. The molecular formula is C24H23N3O2S. The number of amides is 1. The summed E-state index contributed by atoms with van der Waals surface area (Å²) in [5.41, 5.74) is 4.45. The van der Waals surface area contributed by atoms with Crippen molar-refractivity contribution in [2.75, 3.05) is 7.05 Å². The summed E-state index contributed by atoms with van der Waals surface area (Å²) >= 11 is 1.15. The number of rotatable bonds is 4.